The van der Waals surface area contributed by atoms with Gasteiger partial charge in [-0.1, -0.05) is 26.0 Å². The Balaban J connectivity index is 2.24. The highest BCUT2D eigenvalue weighted by atomic mass is 32.2. The van der Waals surface area contributed by atoms with Gasteiger partial charge in [-0.15, -0.1) is 0 Å². The predicted octanol–water partition coefficient (Wildman–Crippen LogP) is 2.64. The van der Waals surface area contributed by atoms with Crippen molar-refractivity contribution in [2.24, 2.45) is 0 Å². The van der Waals surface area contributed by atoms with Crippen LogP contribution in [0.1, 0.15) is 42.3 Å². The summed E-state index contributed by atoms with van der Waals surface area (Å²) in [5.41, 5.74) is 2.92. The predicted molar refractivity (Wildman–Crippen MR) is 89.2 cm³/mol. The second-order valence-electron chi connectivity index (χ2n) is 5.81. The molecule has 0 fully saturated rings. The van der Waals surface area contributed by atoms with Gasteiger partial charge in [0.05, 0.1) is 18.5 Å². The number of benzene rings is 1. The first-order valence-corrected chi connectivity index (χ1v) is 8.92. The van der Waals surface area contributed by atoms with Gasteiger partial charge in [0.2, 0.25) is 10.0 Å². The molecule has 6 nitrogen and oxygen atoms in total. The first-order chi connectivity index (χ1) is 10.8. The molecule has 1 heterocycles. The molecule has 0 aliphatic heterocycles. The van der Waals surface area contributed by atoms with E-state index in [1.807, 2.05) is 18.2 Å². The molecule has 2 rings (SSSR count). The normalized spacial score (nSPS) is 11.9. The van der Waals surface area contributed by atoms with Gasteiger partial charge >= 0.3 is 0 Å². The zero-order valence-corrected chi connectivity index (χ0v) is 14.9. The van der Waals surface area contributed by atoms with Crippen molar-refractivity contribution in [3.63, 3.8) is 0 Å². The van der Waals surface area contributed by atoms with Crippen LogP contribution < -0.4 is 9.46 Å². The van der Waals surface area contributed by atoms with E-state index in [1.54, 1.807) is 21.0 Å². The van der Waals surface area contributed by atoms with E-state index < -0.39 is 10.0 Å². The first-order valence-electron chi connectivity index (χ1n) is 7.44. The highest BCUT2D eigenvalue weighted by Gasteiger charge is 2.22. The summed E-state index contributed by atoms with van der Waals surface area (Å²) < 4.78 is 32.9. The third-order valence-electron chi connectivity index (χ3n) is 3.76. The number of aryl methyl sites for hydroxylation is 2. The van der Waals surface area contributed by atoms with E-state index in [9.17, 15) is 8.42 Å². The molecule has 126 valence electrons. The van der Waals surface area contributed by atoms with E-state index in [0.29, 0.717) is 23.1 Å². The van der Waals surface area contributed by atoms with Crippen molar-refractivity contribution < 1.29 is 13.2 Å². The Hall–Kier alpha value is -1.86. The standard InChI is InChI=1S/C16H23N3O3S/c1-10(2)13-6-7-14(15(8-13)22-5)9-17-23(20,21)16-11(3)18-19-12(16)4/h6-8,10,17H,9H2,1-5H3,(H,18,19). The highest BCUT2D eigenvalue weighted by Crippen LogP contribution is 2.25. The van der Waals surface area contributed by atoms with Crippen LogP contribution in [0.25, 0.3) is 0 Å². The number of sulfonamides is 1. The fraction of sp³-hybridized carbons (Fsp3) is 0.438. The Morgan fingerprint density at radius 1 is 1.30 bits per heavy atom. The summed E-state index contributed by atoms with van der Waals surface area (Å²) in [5.74, 6) is 1.06. The Morgan fingerprint density at radius 2 is 2.00 bits per heavy atom. The van der Waals surface area contributed by atoms with Crippen LogP contribution in [0.3, 0.4) is 0 Å². The Morgan fingerprint density at radius 3 is 2.52 bits per heavy atom. The van der Waals surface area contributed by atoms with E-state index in [2.05, 4.69) is 28.8 Å². The van der Waals surface area contributed by atoms with Crippen LogP contribution in [0.5, 0.6) is 5.75 Å². The number of hydrogen-bond acceptors (Lipinski definition) is 4. The van der Waals surface area contributed by atoms with Gasteiger partial charge in [0.1, 0.15) is 10.6 Å². The van der Waals surface area contributed by atoms with Crippen molar-refractivity contribution in [2.75, 3.05) is 7.11 Å². The topological polar surface area (TPSA) is 84.1 Å². The van der Waals surface area contributed by atoms with Gasteiger partial charge in [-0.25, -0.2) is 13.1 Å². The van der Waals surface area contributed by atoms with Gasteiger partial charge in [-0.2, -0.15) is 5.10 Å². The van der Waals surface area contributed by atoms with E-state index in [1.165, 1.54) is 0 Å². The van der Waals surface area contributed by atoms with Crippen molar-refractivity contribution >= 4 is 10.0 Å². The van der Waals surface area contributed by atoms with Gasteiger partial charge in [-0.3, -0.25) is 5.10 Å². The molecular weight excluding hydrogens is 314 g/mol. The van der Waals surface area contributed by atoms with Gasteiger partial charge in [0.25, 0.3) is 0 Å². The lowest BCUT2D eigenvalue weighted by atomic mass is 10.0. The Kier molecular flexibility index (Phi) is 5.11. The van der Waals surface area contributed by atoms with Crippen molar-refractivity contribution in [1.29, 1.82) is 0 Å². The molecule has 0 radical (unpaired) electrons. The van der Waals surface area contributed by atoms with Gasteiger partial charge in [-0.05, 0) is 31.4 Å². The minimum absolute atomic E-state index is 0.161. The number of nitrogens with one attached hydrogen (secondary N) is 2. The molecule has 0 spiro atoms. The second-order valence-corrected chi connectivity index (χ2v) is 7.52. The first kappa shape index (κ1) is 17.5. The average molecular weight is 337 g/mol. The van der Waals surface area contributed by atoms with Gasteiger partial charge in [0, 0.05) is 12.1 Å². The SMILES string of the molecule is COc1cc(C(C)C)ccc1CNS(=O)(=O)c1c(C)n[nH]c1C. The maximum atomic E-state index is 12.5. The van der Waals surface area contributed by atoms with E-state index in [0.717, 1.165) is 11.1 Å². The lowest BCUT2D eigenvalue weighted by molar-refractivity contribution is 0.408. The lowest BCUT2D eigenvalue weighted by Gasteiger charge is -2.13. The number of methoxy groups -OCH3 is 1. The van der Waals surface area contributed by atoms with Crippen LogP contribution in [0.4, 0.5) is 0 Å². The third kappa shape index (κ3) is 3.73. The van der Waals surface area contributed by atoms with Crippen molar-refractivity contribution in [3.8, 4) is 5.75 Å². The summed E-state index contributed by atoms with van der Waals surface area (Å²) in [5, 5.41) is 6.62. The molecule has 7 heteroatoms. The van der Waals surface area contributed by atoms with Crippen LogP contribution in [0, 0.1) is 13.8 Å². The van der Waals surface area contributed by atoms with Crippen LogP contribution in [-0.2, 0) is 16.6 Å². The summed E-state index contributed by atoms with van der Waals surface area (Å²) in [7, 11) is -2.04. The highest BCUT2D eigenvalue weighted by molar-refractivity contribution is 7.89. The molecule has 0 saturated heterocycles. The fourth-order valence-electron chi connectivity index (χ4n) is 2.45. The monoisotopic (exact) mass is 337 g/mol. The molecular formula is C16H23N3O3S. The fourth-order valence-corrected chi connectivity index (χ4v) is 3.82. The zero-order valence-electron chi connectivity index (χ0n) is 14.1. The number of ether oxygens (including phenoxy) is 1. The van der Waals surface area contributed by atoms with E-state index in [-0.39, 0.29) is 11.4 Å². The molecule has 0 atom stereocenters. The van der Waals surface area contributed by atoms with Crippen molar-refractivity contribution in [3.05, 3.63) is 40.7 Å². The third-order valence-corrected chi connectivity index (χ3v) is 5.42. The largest absolute Gasteiger partial charge is 0.496 e. The lowest BCUT2D eigenvalue weighted by Crippen LogP contribution is -2.24. The molecule has 0 unspecified atom stereocenters. The number of nitrogens with zero attached hydrogens (tertiary/aromatic N) is 1. The molecule has 2 aromatic rings. The van der Waals surface area contributed by atoms with Crippen LogP contribution >= 0.6 is 0 Å². The number of rotatable bonds is 6. The van der Waals surface area contributed by atoms with Crippen LogP contribution in [-0.4, -0.2) is 25.7 Å². The second kappa shape index (κ2) is 6.72. The van der Waals surface area contributed by atoms with E-state index >= 15 is 0 Å². The van der Waals surface area contributed by atoms with Crippen LogP contribution in [0.15, 0.2) is 23.1 Å². The van der Waals surface area contributed by atoms with Crippen molar-refractivity contribution in [1.82, 2.24) is 14.9 Å². The molecule has 1 aromatic carbocycles. The number of aromatic amines is 1. The average Bonchev–Trinajstić information content (AvgIpc) is 2.84. The van der Waals surface area contributed by atoms with E-state index in [4.69, 9.17) is 4.74 Å². The van der Waals surface area contributed by atoms with Gasteiger partial charge < -0.3 is 4.74 Å². The molecule has 0 amide bonds. The molecule has 2 N–H and O–H groups in total. The molecule has 0 bridgehead atoms. The molecule has 23 heavy (non-hydrogen) atoms. The molecule has 0 aliphatic rings. The quantitative estimate of drug-likeness (QED) is 0.849. The minimum atomic E-state index is -3.63. The smallest absolute Gasteiger partial charge is 0.244 e. The van der Waals surface area contributed by atoms with Crippen LogP contribution in [0.2, 0.25) is 0 Å². The number of hydrogen-bond donors (Lipinski definition) is 2. The Labute approximate surface area is 137 Å². The molecule has 1 aromatic heterocycles. The maximum absolute atomic E-state index is 12.5. The Bertz CT molecular complexity index is 775. The summed E-state index contributed by atoms with van der Waals surface area (Å²) in [6.45, 7) is 7.71. The van der Waals surface area contributed by atoms with Crippen molar-refractivity contribution in [2.45, 2.75) is 45.1 Å². The molecule has 0 saturated carbocycles. The summed E-state index contributed by atoms with van der Waals surface area (Å²) >= 11 is 0. The summed E-state index contributed by atoms with van der Waals surface area (Å²) in [6, 6.07) is 5.83. The molecule has 0 aliphatic carbocycles. The zero-order chi connectivity index (χ0) is 17.2. The maximum Gasteiger partial charge on any atom is 0.244 e. The van der Waals surface area contributed by atoms with Gasteiger partial charge in [0.15, 0.2) is 0 Å². The minimum Gasteiger partial charge on any atom is -0.496 e. The number of H-pyrrole nitrogens is 1. The number of aromatic nitrogens is 2. The summed E-state index contributed by atoms with van der Waals surface area (Å²) in [6.07, 6.45) is 0. The summed E-state index contributed by atoms with van der Waals surface area (Å²) in [4.78, 5) is 0.204.